The minimum atomic E-state index is -0.249. The first kappa shape index (κ1) is 27.9. The smallest absolute Gasteiger partial charge is 0.255 e. The molecule has 1 aliphatic heterocycles. The standard InChI is InChI=1S/C30H35N3O6/c1-36-27-10-5-3-8-22(27)21-38-16-7-17-39-25-14-12-23(13-15-25)33-24(18-31-20-29(33)34)19-32-30(35)26-9-4-6-11-28(26)37-2/h3-6,8-15,24,31H,7,16-21H2,1-2H3,(H,32,35)/t24-/m1/s1. The van der Waals surface area contributed by atoms with Crippen molar-refractivity contribution in [2.24, 2.45) is 0 Å². The van der Waals surface area contributed by atoms with Gasteiger partial charge in [-0.25, -0.2) is 0 Å². The molecule has 0 bridgehead atoms. The number of methoxy groups -OCH3 is 2. The topological polar surface area (TPSA) is 98.4 Å². The second-order valence-electron chi connectivity index (χ2n) is 9.02. The molecule has 1 atom stereocenters. The Morgan fingerprint density at radius 1 is 0.949 bits per heavy atom. The van der Waals surface area contributed by atoms with Crippen molar-refractivity contribution < 1.29 is 28.5 Å². The molecule has 0 aromatic heterocycles. The maximum atomic E-state index is 12.8. The normalized spacial score (nSPS) is 15.1. The SMILES string of the molecule is COc1ccccc1COCCCOc1ccc(N2C(=O)CNC[C@@H]2CNC(=O)c2ccccc2OC)cc1. The number of para-hydroxylation sites is 2. The number of ether oxygens (including phenoxy) is 4. The minimum absolute atomic E-state index is 0.0568. The highest BCUT2D eigenvalue weighted by Crippen LogP contribution is 2.24. The van der Waals surface area contributed by atoms with E-state index in [1.165, 1.54) is 7.11 Å². The molecule has 206 valence electrons. The van der Waals surface area contributed by atoms with Crippen LogP contribution in [0.2, 0.25) is 0 Å². The molecule has 3 aromatic rings. The van der Waals surface area contributed by atoms with Crippen molar-refractivity contribution >= 4 is 17.5 Å². The van der Waals surface area contributed by atoms with Crippen molar-refractivity contribution in [2.75, 3.05) is 52.0 Å². The summed E-state index contributed by atoms with van der Waals surface area (Å²) in [4.78, 5) is 27.3. The van der Waals surface area contributed by atoms with Crippen molar-refractivity contribution in [3.05, 3.63) is 83.9 Å². The van der Waals surface area contributed by atoms with E-state index in [1.54, 1.807) is 30.2 Å². The van der Waals surface area contributed by atoms with Gasteiger partial charge in [-0.2, -0.15) is 0 Å². The molecule has 1 fully saturated rings. The van der Waals surface area contributed by atoms with Crippen LogP contribution < -0.4 is 29.7 Å². The van der Waals surface area contributed by atoms with Crippen LogP contribution in [0.15, 0.2) is 72.8 Å². The molecule has 1 aliphatic rings. The van der Waals surface area contributed by atoms with Gasteiger partial charge >= 0.3 is 0 Å². The molecule has 9 heteroatoms. The molecule has 0 aliphatic carbocycles. The minimum Gasteiger partial charge on any atom is -0.496 e. The van der Waals surface area contributed by atoms with Crippen LogP contribution in [0.25, 0.3) is 0 Å². The van der Waals surface area contributed by atoms with Gasteiger partial charge in [0.2, 0.25) is 5.91 Å². The van der Waals surface area contributed by atoms with Gasteiger partial charge in [-0.05, 0) is 42.5 Å². The molecule has 4 rings (SSSR count). The van der Waals surface area contributed by atoms with Crippen LogP contribution in [-0.2, 0) is 16.1 Å². The molecule has 1 saturated heterocycles. The second kappa shape index (κ2) is 14.2. The Morgan fingerprint density at radius 3 is 2.44 bits per heavy atom. The first-order valence-electron chi connectivity index (χ1n) is 13.0. The molecule has 2 N–H and O–H groups in total. The molecule has 9 nitrogen and oxygen atoms in total. The Morgan fingerprint density at radius 2 is 1.67 bits per heavy atom. The average molecular weight is 534 g/mol. The summed E-state index contributed by atoms with van der Waals surface area (Å²) in [7, 11) is 3.18. The predicted molar refractivity (Wildman–Crippen MR) is 149 cm³/mol. The maximum Gasteiger partial charge on any atom is 0.255 e. The Balaban J connectivity index is 1.26. The Kier molecular flexibility index (Phi) is 10.2. The Labute approximate surface area is 229 Å². The van der Waals surface area contributed by atoms with Crippen LogP contribution in [0.3, 0.4) is 0 Å². The van der Waals surface area contributed by atoms with E-state index in [9.17, 15) is 9.59 Å². The first-order valence-corrected chi connectivity index (χ1v) is 13.0. The monoisotopic (exact) mass is 533 g/mol. The zero-order valence-corrected chi connectivity index (χ0v) is 22.4. The molecule has 1 heterocycles. The van der Waals surface area contributed by atoms with Crippen LogP contribution in [-0.4, -0.2) is 64.9 Å². The summed E-state index contributed by atoms with van der Waals surface area (Å²) in [5.74, 6) is 1.73. The van der Waals surface area contributed by atoms with Crippen LogP contribution in [0.5, 0.6) is 17.2 Å². The third kappa shape index (κ3) is 7.49. The number of hydrogen-bond donors (Lipinski definition) is 2. The van der Waals surface area contributed by atoms with Gasteiger partial charge in [-0.1, -0.05) is 30.3 Å². The maximum absolute atomic E-state index is 12.8. The van der Waals surface area contributed by atoms with Crippen LogP contribution in [0.4, 0.5) is 5.69 Å². The number of anilines is 1. The van der Waals surface area contributed by atoms with Gasteiger partial charge in [0.1, 0.15) is 17.2 Å². The van der Waals surface area contributed by atoms with E-state index in [2.05, 4.69) is 10.6 Å². The lowest BCUT2D eigenvalue weighted by molar-refractivity contribution is -0.119. The van der Waals surface area contributed by atoms with Crippen molar-refractivity contribution in [2.45, 2.75) is 19.1 Å². The lowest BCUT2D eigenvalue weighted by Gasteiger charge is -2.36. The molecule has 39 heavy (non-hydrogen) atoms. The molecular weight excluding hydrogens is 498 g/mol. The number of rotatable bonds is 13. The van der Waals surface area contributed by atoms with Gasteiger partial charge in [-0.3, -0.25) is 9.59 Å². The van der Waals surface area contributed by atoms with Crippen molar-refractivity contribution in [3.8, 4) is 17.2 Å². The summed E-state index contributed by atoms with van der Waals surface area (Å²) >= 11 is 0. The molecule has 0 unspecified atom stereocenters. The van der Waals surface area contributed by atoms with E-state index in [-0.39, 0.29) is 24.4 Å². The van der Waals surface area contributed by atoms with Gasteiger partial charge in [-0.15, -0.1) is 0 Å². The summed E-state index contributed by atoms with van der Waals surface area (Å²) in [6, 6.07) is 22.0. The van der Waals surface area contributed by atoms with E-state index in [0.717, 1.165) is 23.4 Å². The van der Waals surface area contributed by atoms with Crippen molar-refractivity contribution in [3.63, 3.8) is 0 Å². The predicted octanol–water partition coefficient (Wildman–Crippen LogP) is 3.42. The number of piperazine rings is 1. The van der Waals surface area contributed by atoms with Gasteiger partial charge in [0.25, 0.3) is 5.91 Å². The van der Waals surface area contributed by atoms with Gasteiger partial charge in [0.15, 0.2) is 0 Å². The zero-order valence-electron chi connectivity index (χ0n) is 22.4. The molecule has 2 amide bonds. The Bertz CT molecular complexity index is 1230. The third-order valence-corrected chi connectivity index (χ3v) is 6.41. The molecule has 0 saturated carbocycles. The average Bonchev–Trinajstić information content (AvgIpc) is 2.98. The lowest BCUT2D eigenvalue weighted by atomic mass is 10.1. The molecule has 3 aromatic carbocycles. The van der Waals surface area contributed by atoms with Gasteiger partial charge in [0.05, 0.1) is 52.2 Å². The number of nitrogens with zero attached hydrogens (tertiary/aromatic N) is 1. The Hall–Kier alpha value is -4.08. The fourth-order valence-electron chi connectivity index (χ4n) is 4.44. The molecule has 0 spiro atoms. The highest BCUT2D eigenvalue weighted by Gasteiger charge is 2.29. The number of carbonyl (C=O) groups is 2. The highest BCUT2D eigenvalue weighted by atomic mass is 16.5. The summed E-state index contributed by atoms with van der Waals surface area (Å²) in [5, 5.41) is 6.07. The quantitative estimate of drug-likeness (QED) is 0.325. The first-order chi connectivity index (χ1) is 19.1. The largest absolute Gasteiger partial charge is 0.496 e. The highest BCUT2D eigenvalue weighted by molar-refractivity contribution is 5.98. The van der Waals surface area contributed by atoms with Crippen LogP contribution >= 0.6 is 0 Å². The second-order valence-corrected chi connectivity index (χ2v) is 9.02. The van der Waals surface area contributed by atoms with E-state index in [4.69, 9.17) is 18.9 Å². The fraction of sp³-hybridized carbons (Fsp3) is 0.333. The summed E-state index contributed by atoms with van der Waals surface area (Å²) in [5.41, 5.74) is 2.22. The number of hydrogen-bond acceptors (Lipinski definition) is 7. The fourth-order valence-corrected chi connectivity index (χ4v) is 4.44. The summed E-state index contributed by atoms with van der Waals surface area (Å²) < 4.78 is 22.2. The van der Waals surface area contributed by atoms with Gasteiger partial charge in [0, 0.05) is 30.8 Å². The number of amides is 2. The third-order valence-electron chi connectivity index (χ3n) is 6.41. The van der Waals surface area contributed by atoms with Crippen LogP contribution in [0, 0.1) is 0 Å². The van der Waals surface area contributed by atoms with Crippen molar-refractivity contribution in [1.29, 1.82) is 0 Å². The summed E-state index contributed by atoms with van der Waals surface area (Å²) in [6.45, 7) is 2.65. The molecule has 0 radical (unpaired) electrons. The van der Waals surface area contributed by atoms with E-state index < -0.39 is 0 Å². The van der Waals surface area contributed by atoms with Gasteiger partial charge < -0.3 is 34.5 Å². The number of benzene rings is 3. The van der Waals surface area contributed by atoms with E-state index in [1.807, 2.05) is 54.6 Å². The lowest BCUT2D eigenvalue weighted by Crippen LogP contribution is -2.58. The van der Waals surface area contributed by atoms with E-state index in [0.29, 0.717) is 50.0 Å². The number of carbonyl (C=O) groups excluding carboxylic acids is 2. The van der Waals surface area contributed by atoms with Crippen molar-refractivity contribution in [1.82, 2.24) is 10.6 Å². The summed E-state index contributed by atoms with van der Waals surface area (Å²) in [6.07, 6.45) is 0.737. The number of nitrogens with one attached hydrogen (secondary N) is 2. The molecular formula is C30H35N3O6. The van der Waals surface area contributed by atoms with Crippen LogP contribution in [0.1, 0.15) is 22.3 Å². The van der Waals surface area contributed by atoms with E-state index >= 15 is 0 Å². The zero-order chi connectivity index (χ0) is 27.5.